The zero-order valence-electron chi connectivity index (χ0n) is 12.1. The molecule has 0 spiro atoms. The molecule has 6 heteroatoms. The van der Waals surface area contributed by atoms with Crippen LogP contribution in [0.4, 0.5) is 5.69 Å². The summed E-state index contributed by atoms with van der Waals surface area (Å²) >= 11 is 0. The maximum Gasteiger partial charge on any atom is 0.344 e. The molecule has 2 N–H and O–H groups in total. The summed E-state index contributed by atoms with van der Waals surface area (Å²) in [6.45, 7) is 0. The summed E-state index contributed by atoms with van der Waals surface area (Å²) in [4.78, 5) is 12.1. The fraction of sp³-hybridized carbons (Fsp3) is 0.188. The number of benzene rings is 2. The van der Waals surface area contributed by atoms with Crippen molar-refractivity contribution in [3.8, 4) is 17.2 Å². The summed E-state index contributed by atoms with van der Waals surface area (Å²) in [6, 6.07) is 10.2. The largest absolute Gasteiger partial charge is 0.506 e. The van der Waals surface area contributed by atoms with Crippen LogP contribution in [0.3, 0.4) is 0 Å². The van der Waals surface area contributed by atoms with Gasteiger partial charge in [0.25, 0.3) is 0 Å². The third kappa shape index (κ3) is 2.18. The van der Waals surface area contributed by atoms with Crippen molar-refractivity contribution in [3.63, 3.8) is 0 Å². The number of phenolic OH excluding ortho intramolecular Hbond substituents is 1. The number of nitrogens with one attached hydrogen (secondary N) is 1. The minimum absolute atomic E-state index is 0.0764. The summed E-state index contributed by atoms with van der Waals surface area (Å²) in [7, 11) is 2.97. The Bertz CT molecular complexity index is 728. The number of hydrogen-bond acceptors (Lipinski definition) is 6. The molecule has 0 bridgehead atoms. The van der Waals surface area contributed by atoms with Crippen molar-refractivity contribution in [2.45, 2.75) is 6.23 Å². The van der Waals surface area contributed by atoms with Crippen LogP contribution in [0.25, 0.3) is 0 Å². The van der Waals surface area contributed by atoms with Gasteiger partial charge in [0.05, 0.1) is 19.9 Å². The fourth-order valence-corrected chi connectivity index (χ4v) is 2.44. The lowest BCUT2D eigenvalue weighted by molar-refractivity contribution is 0.0434. The van der Waals surface area contributed by atoms with Gasteiger partial charge in [0.15, 0.2) is 11.5 Å². The quantitative estimate of drug-likeness (QED) is 0.668. The van der Waals surface area contributed by atoms with E-state index < -0.39 is 12.2 Å². The van der Waals surface area contributed by atoms with Crippen molar-refractivity contribution in [3.05, 3.63) is 47.5 Å². The van der Waals surface area contributed by atoms with Gasteiger partial charge in [0.2, 0.25) is 6.23 Å². The predicted octanol–water partition coefficient (Wildman–Crippen LogP) is 2.69. The molecule has 22 heavy (non-hydrogen) atoms. The van der Waals surface area contributed by atoms with Gasteiger partial charge >= 0.3 is 5.97 Å². The Labute approximate surface area is 127 Å². The molecule has 0 amide bonds. The molecule has 1 atom stereocenters. The maximum atomic E-state index is 12.1. The van der Waals surface area contributed by atoms with Gasteiger partial charge in [-0.2, -0.15) is 0 Å². The van der Waals surface area contributed by atoms with Gasteiger partial charge < -0.3 is 24.6 Å². The van der Waals surface area contributed by atoms with E-state index in [4.69, 9.17) is 14.2 Å². The molecule has 0 aliphatic carbocycles. The van der Waals surface area contributed by atoms with Gasteiger partial charge in [0.1, 0.15) is 11.3 Å². The first-order chi connectivity index (χ1) is 10.7. The number of esters is 1. The second kappa shape index (κ2) is 5.48. The summed E-state index contributed by atoms with van der Waals surface area (Å²) < 4.78 is 15.8. The van der Waals surface area contributed by atoms with Crippen LogP contribution in [0.1, 0.15) is 22.1 Å². The first kappa shape index (κ1) is 14.1. The Morgan fingerprint density at radius 3 is 2.59 bits per heavy atom. The van der Waals surface area contributed by atoms with Crippen molar-refractivity contribution >= 4 is 11.7 Å². The van der Waals surface area contributed by atoms with E-state index in [1.54, 1.807) is 36.4 Å². The summed E-state index contributed by atoms with van der Waals surface area (Å²) in [5.74, 6) is 0.374. The van der Waals surface area contributed by atoms with Crippen LogP contribution in [-0.2, 0) is 4.74 Å². The monoisotopic (exact) mass is 301 g/mol. The predicted molar refractivity (Wildman–Crippen MR) is 79.4 cm³/mol. The second-order valence-corrected chi connectivity index (χ2v) is 4.71. The van der Waals surface area contributed by atoms with E-state index in [-0.39, 0.29) is 5.75 Å². The van der Waals surface area contributed by atoms with Crippen LogP contribution in [0.5, 0.6) is 17.2 Å². The minimum atomic E-state index is -0.699. The van der Waals surface area contributed by atoms with Crippen LogP contribution < -0.4 is 14.8 Å². The lowest BCUT2D eigenvalue weighted by Gasteiger charge is -2.15. The molecule has 0 saturated carbocycles. The van der Waals surface area contributed by atoms with Crippen LogP contribution in [0.2, 0.25) is 0 Å². The Morgan fingerprint density at radius 2 is 1.91 bits per heavy atom. The highest BCUT2D eigenvalue weighted by atomic mass is 16.6. The van der Waals surface area contributed by atoms with Crippen molar-refractivity contribution in [2.24, 2.45) is 0 Å². The Balaban J connectivity index is 2.00. The highest BCUT2D eigenvalue weighted by Crippen LogP contribution is 2.42. The van der Waals surface area contributed by atoms with Gasteiger partial charge in [-0.25, -0.2) is 4.79 Å². The van der Waals surface area contributed by atoms with Crippen LogP contribution in [0.15, 0.2) is 36.4 Å². The lowest BCUT2D eigenvalue weighted by Crippen LogP contribution is -2.10. The van der Waals surface area contributed by atoms with Gasteiger partial charge in [-0.3, -0.25) is 0 Å². The molecule has 0 unspecified atom stereocenters. The molecule has 3 rings (SSSR count). The minimum Gasteiger partial charge on any atom is -0.506 e. The summed E-state index contributed by atoms with van der Waals surface area (Å²) in [5, 5.41) is 12.8. The molecular weight excluding hydrogens is 286 g/mol. The highest BCUT2D eigenvalue weighted by molar-refractivity contribution is 5.98. The molecule has 2 aromatic rings. The van der Waals surface area contributed by atoms with Crippen molar-refractivity contribution in [1.82, 2.24) is 0 Å². The Morgan fingerprint density at radius 1 is 1.14 bits per heavy atom. The maximum absolute atomic E-state index is 12.1. The molecule has 0 radical (unpaired) electrons. The number of phenols is 1. The van der Waals surface area contributed by atoms with Crippen molar-refractivity contribution in [2.75, 3.05) is 19.5 Å². The van der Waals surface area contributed by atoms with E-state index in [1.165, 1.54) is 14.2 Å². The molecule has 0 saturated heterocycles. The van der Waals surface area contributed by atoms with E-state index in [0.717, 1.165) is 0 Å². The second-order valence-electron chi connectivity index (χ2n) is 4.71. The first-order valence-electron chi connectivity index (χ1n) is 6.66. The van der Waals surface area contributed by atoms with E-state index >= 15 is 0 Å². The standard InChI is InChI=1S/C16H15NO5/c1-20-12-8-7-9-13(14(12)21-2)16(19)22-15(9)17-10-5-3-4-6-11(10)18/h3-8,15,17-18H,1-2H3/t15-/m1/s1. The highest BCUT2D eigenvalue weighted by Gasteiger charge is 2.36. The van der Waals surface area contributed by atoms with Gasteiger partial charge in [-0.15, -0.1) is 0 Å². The van der Waals surface area contributed by atoms with E-state index in [9.17, 15) is 9.90 Å². The average Bonchev–Trinajstić information content (AvgIpc) is 2.85. The lowest BCUT2D eigenvalue weighted by atomic mass is 10.1. The molecule has 6 nitrogen and oxygen atoms in total. The molecular formula is C16H15NO5. The number of fused-ring (bicyclic) bond motifs is 1. The Kier molecular flexibility index (Phi) is 3.50. The molecule has 2 aromatic carbocycles. The van der Waals surface area contributed by atoms with Crippen LogP contribution >= 0.6 is 0 Å². The molecule has 1 heterocycles. The number of methoxy groups -OCH3 is 2. The molecule has 114 valence electrons. The smallest absolute Gasteiger partial charge is 0.344 e. The number of anilines is 1. The van der Waals surface area contributed by atoms with Crippen molar-refractivity contribution in [1.29, 1.82) is 0 Å². The molecule has 1 aliphatic rings. The average molecular weight is 301 g/mol. The SMILES string of the molecule is COc1ccc2c(c1OC)C(=O)O[C@H]2Nc1ccccc1O. The normalized spacial score (nSPS) is 15.9. The number of para-hydroxylation sites is 2. The number of ether oxygens (including phenoxy) is 3. The molecule has 0 aromatic heterocycles. The van der Waals surface area contributed by atoms with E-state index in [0.29, 0.717) is 28.3 Å². The topological polar surface area (TPSA) is 77.0 Å². The Hall–Kier alpha value is -2.89. The zero-order chi connectivity index (χ0) is 15.7. The van der Waals surface area contributed by atoms with Crippen LogP contribution in [-0.4, -0.2) is 25.3 Å². The number of carbonyl (C=O) groups is 1. The molecule has 0 fully saturated rings. The number of carbonyl (C=O) groups excluding carboxylic acids is 1. The zero-order valence-corrected chi connectivity index (χ0v) is 12.1. The number of rotatable bonds is 4. The fourth-order valence-electron chi connectivity index (χ4n) is 2.44. The van der Waals surface area contributed by atoms with Gasteiger partial charge in [0, 0.05) is 5.56 Å². The first-order valence-corrected chi connectivity index (χ1v) is 6.66. The number of cyclic esters (lactones) is 1. The van der Waals surface area contributed by atoms with E-state index in [2.05, 4.69) is 5.32 Å². The number of aromatic hydroxyl groups is 1. The van der Waals surface area contributed by atoms with Crippen LogP contribution in [0, 0.1) is 0 Å². The summed E-state index contributed by atoms with van der Waals surface area (Å²) in [5.41, 5.74) is 1.43. The third-order valence-electron chi connectivity index (χ3n) is 3.48. The molecule has 1 aliphatic heterocycles. The van der Waals surface area contributed by atoms with Crippen molar-refractivity contribution < 1.29 is 24.1 Å². The van der Waals surface area contributed by atoms with Gasteiger partial charge in [-0.1, -0.05) is 12.1 Å². The number of hydrogen-bond donors (Lipinski definition) is 2. The van der Waals surface area contributed by atoms with Gasteiger partial charge in [-0.05, 0) is 24.3 Å². The summed E-state index contributed by atoms with van der Waals surface area (Å²) in [6.07, 6.45) is -0.699. The van der Waals surface area contributed by atoms with E-state index in [1.807, 2.05) is 0 Å². The third-order valence-corrected chi connectivity index (χ3v) is 3.48.